The van der Waals surface area contributed by atoms with E-state index in [9.17, 15) is 8.42 Å². The molecule has 1 aromatic rings. The van der Waals surface area contributed by atoms with Gasteiger partial charge in [0.2, 0.25) is 10.0 Å². The van der Waals surface area contributed by atoms with Crippen LogP contribution in [0, 0.1) is 6.92 Å². The van der Waals surface area contributed by atoms with Crippen LogP contribution < -0.4 is 10.0 Å². The van der Waals surface area contributed by atoms with Crippen LogP contribution >= 0.6 is 11.3 Å². The van der Waals surface area contributed by atoms with E-state index in [1.807, 2.05) is 24.7 Å². The third kappa shape index (κ3) is 4.61. The van der Waals surface area contributed by atoms with Gasteiger partial charge in [-0.25, -0.2) is 13.1 Å². The molecule has 0 atom stereocenters. The highest BCUT2D eigenvalue weighted by Crippen LogP contribution is 2.13. The Balaban J connectivity index is 2.39. The number of hydrogen-bond acceptors (Lipinski definition) is 4. The maximum Gasteiger partial charge on any atom is 0.211 e. The third-order valence-corrected chi connectivity index (χ3v) is 4.60. The summed E-state index contributed by atoms with van der Waals surface area (Å²) in [7, 11) is -1.32. The van der Waals surface area contributed by atoms with Crippen molar-refractivity contribution >= 4 is 21.4 Å². The Bertz CT molecular complexity index is 412. The average molecular weight is 262 g/mol. The molecule has 0 aliphatic heterocycles. The van der Waals surface area contributed by atoms with Crippen molar-refractivity contribution in [3.63, 3.8) is 0 Å². The zero-order valence-electron chi connectivity index (χ0n) is 9.62. The minimum atomic E-state index is -3.13. The summed E-state index contributed by atoms with van der Waals surface area (Å²) >= 11 is 1.59. The second-order valence-corrected chi connectivity index (χ2v) is 6.35. The van der Waals surface area contributed by atoms with Crippen LogP contribution in [0.15, 0.2) is 10.8 Å². The van der Waals surface area contributed by atoms with Crippen molar-refractivity contribution < 1.29 is 8.42 Å². The van der Waals surface area contributed by atoms with Gasteiger partial charge in [0.15, 0.2) is 0 Å². The molecule has 1 heterocycles. The van der Waals surface area contributed by atoms with E-state index in [0.717, 1.165) is 17.7 Å². The minimum absolute atomic E-state index is 0.178. The Hall–Kier alpha value is -0.430. The van der Waals surface area contributed by atoms with E-state index in [1.165, 1.54) is 0 Å². The zero-order valence-corrected chi connectivity index (χ0v) is 11.2. The highest BCUT2D eigenvalue weighted by Gasteiger charge is 2.10. The van der Waals surface area contributed by atoms with E-state index in [1.54, 1.807) is 11.3 Å². The van der Waals surface area contributed by atoms with Crippen LogP contribution in [0.2, 0.25) is 0 Å². The zero-order chi connectivity index (χ0) is 12.0. The first-order valence-corrected chi connectivity index (χ1v) is 7.78. The third-order valence-electron chi connectivity index (χ3n) is 2.28. The van der Waals surface area contributed by atoms with Crippen LogP contribution in [0.5, 0.6) is 0 Å². The van der Waals surface area contributed by atoms with Crippen molar-refractivity contribution in [1.29, 1.82) is 0 Å². The van der Waals surface area contributed by atoms with Crippen LogP contribution in [0.3, 0.4) is 0 Å². The molecule has 6 heteroatoms. The molecular formula is C10H18N2O2S2. The lowest BCUT2D eigenvalue weighted by molar-refractivity contribution is 0.577. The van der Waals surface area contributed by atoms with Gasteiger partial charge in [-0.1, -0.05) is 0 Å². The van der Waals surface area contributed by atoms with Gasteiger partial charge in [-0.3, -0.25) is 0 Å². The summed E-state index contributed by atoms with van der Waals surface area (Å²) < 4.78 is 25.8. The first kappa shape index (κ1) is 13.6. The lowest BCUT2D eigenvalue weighted by Gasteiger charge is -2.06. The Kier molecular flexibility index (Phi) is 5.40. The monoisotopic (exact) mass is 262 g/mol. The Morgan fingerprint density at radius 2 is 2.12 bits per heavy atom. The Morgan fingerprint density at radius 3 is 2.69 bits per heavy atom. The van der Waals surface area contributed by atoms with Gasteiger partial charge in [0.1, 0.15) is 0 Å². The highest BCUT2D eigenvalue weighted by atomic mass is 32.2. The van der Waals surface area contributed by atoms with E-state index in [0.29, 0.717) is 13.0 Å². The smallest absolute Gasteiger partial charge is 0.211 e. The van der Waals surface area contributed by atoms with E-state index in [4.69, 9.17) is 0 Å². The summed E-state index contributed by atoms with van der Waals surface area (Å²) in [6.45, 7) is 3.11. The van der Waals surface area contributed by atoms with Crippen molar-refractivity contribution in [1.82, 2.24) is 10.0 Å². The molecule has 4 nitrogen and oxygen atoms in total. The molecule has 1 rings (SSSR count). The quantitative estimate of drug-likeness (QED) is 0.723. The summed E-state index contributed by atoms with van der Waals surface area (Å²) in [5, 5.41) is 6.92. The van der Waals surface area contributed by atoms with Crippen molar-refractivity contribution in [3.8, 4) is 0 Å². The first-order chi connectivity index (χ1) is 7.55. The molecule has 0 bridgehead atoms. The predicted molar refractivity (Wildman–Crippen MR) is 68.2 cm³/mol. The SMILES string of the molecule is CNCCCS(=O)(=O)NCc1cscc1C. The van der Waals surface area contributed by atoms with Gasteiger partial charge < -0.3 is 5.32 Å². The molecule has 2 N–H and O–H groups in total. The van der Waals surface area contributed by atoms with Gasteiger partial charge in [-0.15, -0.1) is 0 Å². The largest absolute Gasteiger partial charge is 0.320 e. The molecule has 0 saturated heterocycles. The normalized spacial score (nSPS) is 11.9. The van der Waals surface area contributed by atoms with Crippen LogP contribution in [0.25, 0.3) is 0 Å². The second-order valence-electron chi connectivity index (χ2n) is 3.68. The summed E-state index contributed by atoms with van der Waals surface area (Å²) in [6, 6.07) is 0. The van der Waals surface area contributed by atoms with Gasteiger partial charge in [0.05, 0.1) is 5.75 Å². The van der Waals surface area contributed by atoms with E-state index >= 15 is 0 Å². The first-order valence-electron chi connectivity index (χ1n) is 5.19. The highest BCUT2D eigenvalue weighted by molar-refractivity contribution is 7.89. The molecule has 0 radical (unpaired) electrons. The summed E-state index contributed by atoms with van der Waals surface area (Å²) in [4.78, 5) is 0. The van der Waals surface area contributed by atoms with Crippen LogP contribution in [-0.2, 0) is 16.6 Å². The Labute approximate surface area is 101 Å². The predicted octanol–water partition coefficient (Wildman–Crippen LogP) is 1.09. The molecule has 0 aliphatic rings. The maximum atomic E-state index is 11.6. The maximum absolute atomic E-state index is 11.6. The van der Waals surface area contributed by atoms with Crippen LogP contribution in [0.4, 0.5) is 0 Å². The number of sulfonamides is 1. The topological polar surface area (TPSA) is 58.2 Å². The average Bonchev–Trinajstić information content (AvgIpc) is 2.62. The Morgan fingerprint density at radius 1 is 1.38 bits per heavy atom. The fraction of sp³-hybridized carbons (Fsp3) is 0.600. The van der Waals surface area contributed by atoms with Gasteiger partial charge in [-0.05, 0) is 48.8 Å². The summed E-state index contributed by atoms with van der Waals surface area (Å²) in [5.74, 6) is 0.178. The lowest BCUT2D eigenvalue weighted by Crippen LogP contribution is -2.27. The van der Waals surface area contributed by atoms with Crippen molar-refractivity contribution in [3.05, 3.63) is 21.9 Å². The molecule has 0 aromatic carbocycles. The van der Waals surface area contributed by atoms with Gasteiger partial charge >= 0.3 is 0 Å². The van der Waals surface area contributed by atoms with Gasteiger partial charge in [0.25, 0.3) is 0 Å². The fourth-order valence-electron chi connectivity index (χ4n) is 1.27. The minimum Gasteiger partial charge on any atom is -0.320 e. The molecular weight excluding hydrogens is 244 g/mol. The summed E-state index contributed by atoms with van der Waals surface area (Å²) in [5.41, 5.74) is 2.20. The number of nitrogens with one attached hydrogen (secondary N) is 2. The number of aryl methyl sites for hydroxylation is 1. The molecule has 0 saturated carbocycles. The molecule has 0 amide bonds. The van der Waals surface area contributed by atoms with Crippen molar-refractivity contribution in [2.24, 2.45) is 0 Å². The molecule has 0 fully saturated rings. The van der Waals surface area contributed by atoms with Crippen LogP contribution in [0.1, 0.15) is 17.5 Å². The number of hydrogen-bond donors (Lipinski definition) is 2. The fourth-order valence-corrected chi connectivity index (χ4v) is 3.17. The molecule has 0 unspecified atom stereocenters. The summed E-state index contributed by atoms with van der Waals surface area (Å²) in [6.07, 6.45) is 0.633. The second kappa shape index (κ2) is 6.34. The van der Waals surface area contributed by atoms with Crippen molar-refractivity contribution in [2.45, 2.75) is 19.9 Å². The molecule has 16 heavy (non-hydrogen) atoms. The molecule has 92 valence electrons. The van der Waals surface area contributed by atoms with E-state index in [2.05, 4.69) is 10.0 Å². The van der Waals surface area contributed by atoms with E-state index in [-0.39, 0.29) is 5.75 Å². The molecule has 0 aliphatic carbocycles. The molecule has 0 spiro atoms. The van der Waals surface area contributed by atoms with Gasteiger partial charge in [0, 0.05) is 6.54 Å². The lowest BCUT2D eigenvalue weighted by atomic mass is 10.2. The number of rotatable bonds is 7. The van der Waals surface area contributed by atoms with E-state index < -0.39 is 10.0 Å². The van der Waals surface area contributed by atoms with Crippen molar-refractivity contribution in [2.75, 3.05) is 19.3 Å². The number of thiophene rings is 1. The molecule has 1 aromatic heterocycles. The van der Waals surface area contributed by atoms with Crippen LogP contribution in [-0.4, -0.2) is 27.8 Å². The van der Waals surface area contributed by atoms with Gasteiger partial charge in [-0.2, -0.15) is 11.3 Å². The standard InChI is InChI=1S/C10H18N2O2S2/c1-9-7-15-8-10(9)6-12-16(13,14)5-3-4-11-2/h7-8,11-12H,3-6H2,1-2H3.